The summed E-state index contributed by atoms with van der Waals surface area (Å²) in [5.41, 5.74) is 0.569. The van der Waals surface area contributed by atoms with E-state index in [0.29, 0.717) is 5.69 Å². The van der Waals surface area contributed by atoms with E-state index in [-0.39, 0.29) is 20.5 Å². The zero-order valence-corrected chi connectivity index (χ0v) is 13.4. The fourth-order valence-corrected chi connectivity index (χ4v) is 3.90. The van der Waals surface area contributed by atoms with Crippen molar-refractivity contribution in [3.8, 4) is 0 Å². The monoisotopic (exact) mass is 347 g/mol. The molecule has 0 bridgehead atoms. The largest absolute Gasteiger partial charge is 0.275 e. The molecule has 0 radical (unpaired) electrons. The topological polar surface area (TPSA) is 81.1 Å². The molecule has 6 nitrogen and oxygen atoms in total. The maximum absolute atomic E-state index is 12.2. The molecular formula is C12H11Cl2N3O3S. The number of aryl methyl sites for hydroxylation is 2. The van der Waals surface area contributed by atoms with Crippen LogP contribution in [-0.4, -0.2) is 24.1 Å². The van der Waals surface area contributed by atoms with Crippen molar-refractivity contribution in [1.29, 1.82) is 0 Å². The lowest BCUT2D eigenvalue weighted by atomic mass is 10.2. The van der Waals surface area contributed by atoms with Crippen LogP contribution in [-0.2, 0) is 17.1 Å². The summed E-state index contributed by atoms with van der Waals surface area (Å²) in [6.07, 6.45) is 1.42. The van der Waals surface area contributed by atoms with Gasteiger partial charge in [-0.2, -0.15) is 5.10 Å². The van der Waals surface area contributed by atoms with E-state index in [4.69, 9.17) is 23.2 Å². The highest BCUT2D eigenvalue weighted by Crippen LogP contribution is 2.28. The van der Waals surface area contributed by atoms with Crippen molar-refractivity contribution in [1.82, 2.24) is 14.5 Å². The van der Waals surface area contributed by atoms with Crippen LogP contribution in [0.5, 0.6) is 0 Å². The Bertz CT molecular complexity index is 795. The summed E-state index contributed by atoms with van der Waals surface area (Å²) in [5, 5.41) is 3.85. The van der Waals surface area contributed by atoms with Crippen LogP contribution in [0.25, 0.3) is 0 Å². The number of benzene rings is 1. The third-order valence-corrected chi connectivity index (χ3v) is 4.96. The summed E-state index contributed by atoms with van der Waals surface area (Å²) in [4.78, 5) is 11.7. The lowest BCUT2D eigenvalue weighted by molar-refractivity contribution is 0.0981. The molecule has 1 aromatic heterocycles. The van der Waals surface area contributed by atoms with Crippen molar-refractivity contribution in [2.75, 3.05) is 0 Å². The summed E-state index contributed by atoms with van der Waals surface area (Å²) in [7, 11) is -2.55. The predicted octanol–water partition coefficient (Wildman–Crippen LogP) is 2.15. The number of sulfonamides is 1. The third kappa shape index (κ3) is 3.20. The summed E-state index contributed by atoms with van der Waals surface area (Å²) < 4.78 is 27.8. The Balaban J connectivity index is 2.38. The van der Waals surface area contributed by atoms with Crippen molar-refractivity contribution >= 4 is 39.1 Å². The maximum Gasteiger partial charge on any atom is 0.268 e. The molecule has 2 aromatic rings. The molecule has 0 spiro atoms. The smallest absolute Gasteiger partial charge is 0.268 e. The van der Waals surface area contributed by atoms with Gasteiger partial charge in [0.15, 0.2) is 0 Å². The molecule has 112 valence electrons. The lowest BCUT2D eigenvalue weighted by Crippen LogP contribution is -2.31. The van der Waals surface area contributed by atoms with E-state index in [1.807, 2.05) is 4.72 Å². The fourth-order valence-electron chi connectivity index (χ4n) is 1.79. The second kappa shape index (κ2) is 5.67. The molecule has 1 amide bonds. The van der Waals surface area contributed by atoms with Gasteiger partial charge in [0.2, 0.25) is 0 Å². The van der Waals surface area contributed by atoms with Gasteiger partial charge in [-0.25, -0.2) is 13.1 Å². The molecule has 0 aliphatic carbocycles. The summed E-state index contributed by atoms with van der Waals surface area (Å²) >= 11 is 11.7. The van der Waals surface area contributed by atoms with Gasteiger partial charge in [0.1, 0.15) is 4.90 Å². The van der Waals surface area contributed by atoms with Gasteiger partial charge in [-0.15, -0.1) is 0 Å². The maximum atomic E-state index is 12.2. The molecule has 21 heavy (non-hydrogen) atoms. The van der Waals surface area contributed by atoms with Gasteiger partial charge in [0.05, 0.1) is 21.3 Å². The number of halogens is 2. The number of nitrogens with zero attached hydrogens (tertiary/aromatic N) is 2. The minimum Gasteiger partial charge on any atom is -0.275 e. The molecule has 0 aliphatic rings. The van der Waals surface area contributed by atoms with E-state index in [2.05, 4.69) is 5.10 Å². The van der Waals surface area contributed by atoms with Gasteiger partial charge < -0.3 is 0 Å². The fraction of sp³-hybridized carbons (Fsp3) is 0.167. The van der Waals surface area contributed by atoms with E-state index < -0.39 is 15.9 Å². The van der Waals surface area contributed by atoms with Crippen LogP contribution >= 0.6 is 23.2 Å². The van der Waals surface area contributed by atoms with Gasteiger partial charge in [-0.3, -0.25) is 9.48 Å². The number of nitrogens with one attached hydrogen (secondary N) is 1. The van der Waals surface area contributed by atoms with Crippen molar-refractivity contribution in [3.05, 3.63) is 45.7 Å². The number of rotatable bonds is 3. The average molecular weight is 348 g/mol. The molecule has 1 aromatic carbocycles. The van der Waals surface area contributed by atoms with Crippen molar-refractivity contribution in [2.45, 2.75) is 11.8 Å². The molecule has 0 fully saturated rings. The van der Waals surface area contributed by atoms with Gasteiger partial charge in [0.25, 0.3) is 15.9 Å². The summed E-state index contributed by atoms with van der Waals surface area (Å²) in [5.74, 6) is -0.795. The molecule has 2 rings (SSSR count). The Morgan fingerprint density at radius 2 is 1.86 bits per heavy atom. The average Bonchev–Trinajstić information content (AvgIpc) is 2.67. The lowest BCUT2D eigenvalue weighted by Gasteiger charge is -2.09. The molecule has 0 saturated carbocycles. The van der Waals surface area contributed by atoms with E-state index in [0.717, 1.165) is 0 Å². The first kappa shape index (κ1) is 15.8. The van der Waals surface area contributed by atoms with Crippen molar-refractivity contribution in [3.63, 3.8) is 0 Å². The minimum atomic E-state index is -4.18. The van der Waals surface area contributed by atoms with E-state index in [1.54, 1.807) is 14.0 Å². The molecule has 0 saturated heterocycles. The highest BCUT2D eigenvalue weighted by Gasteiger charge is 2.25. The SMILES string of the molecule is Cc1nn(C)cc1C(=O)NS(=O)(=O)c1c(Cl)cccc1Cl. The number of aromatic nitrogens is 2. The zero-order chi connectivity index (χ0) is 15.8. The highest BCUT2D eigenvalue weighted by atomic mass is 35.5. The first-order valence-corrected chi connectivity index (χ1v) is 7.97. The molecule has 1 heterocycles. The molecule has 0 aliphatic heterocycles. The number of hydrogen-bond donors (Lipinski definition) is 1. The Morgan fingerprint density at radius 1 is 1.29 bits per heavy atom. The standard InChI is InChI=1S/C12H11Cl2N3O3S/c1-7-8(6-17(2)15-7)12(18)16-21(19,20)11-9(13)4-3-5-10(11)14/h3-6H,1-2H3,(H,16,18). The van der Waals surface area contributed by atoms with Crippen LogP contribution < -0.4 is 4.72 Å². The molecule has 0 atom stereocenters. The van der Waals surface area contributed by atoms with Crippen LogP contribution in [0.3, 0.4) is 0 Å². The van der Waals surface area contributed by atoms with E-state index in [9.17, 15) is 13.2 Å². The molecular weight excluding hydrogens is 337 g/mol. The van der Waals surface area contributed by atoms with Crippen molar-refractivity contribution in [2.24, 2.45) is 7.05 Å². The summed E-state index contributed by atoms with van der Waals surface area (Å²) in [6, 6.07) is 4.26. The van der Waals surface area contributed by atoms with E-state index >= 15 is 0 Å². The second-order valence-corrected chi connectivity index (χ2v) is 6.72. The first-order chi connectivity index (χ1) is 9.72. The third-order valence-electron chi connectivity index (χ3n) is 2.67. The highest BCUT2D eigenvalue weighted by molar-refractivity contribution is 7.90. The Hall–Kier alpha value is -1.57. The normalized spacial score (nSPS) is 11.4. The second-order valence-electron chi connectivity index (χ2n) is 4.29. The van der Waals surface area contributed by atoms with E-state index in [1.165, 1.54) is 29.1 Å². The number of carbonyl (C=O) groups is 1. The van der Waals surface area contributed by atoms with Crippen molar-refractivity contribution < 1.29 is 13.2 Å². The quantitative estimate of drug-likeness (QED) is 0.922. The van der Waals surface area contributed by atoms with Gasteiger partial charge in [-0.05, 0) is 19.1 Å². The summed E-state index contributed by atoms with van der Waals surface area (Å²) in [6.45, 7) is 1.60. The Morgan fingerprint density at radius 3 is 2.33 bits per heavy atom. The van der Waals surface area contributed by atoms with Crippen LogP contribution in [0.15, 0.2) is 29.3 Å². The zero-order valence-electron chi connectivity index (χ0n) is 11.1. The van der Waals surface area contributed by atoms with Gasteiger partial charge in [0, 0.05) is 13.2 Å². The Labute approximate surface area is 131 Å². The Kier molecular flexibility index (Phi) is 4.27. The number of hydrogen-bond acceptors (Lipinski definition) is 4. The first-order valence-electron chi connectivity index (χ1n) is 5.74. The number of carbonyl (C=O) groups excluding carboxylic acids is 1. The molecule has 9 heteroatoms. The van der Waals surface area contributed by atoms with Crippen LogP contribution in [0, 0.1) is 6.92 Å². The van der Waals surface area contributed by atoms with Crippen LogP contribution in [0.4, 0.5) is 0 Å². The molecule has 1 N–H and O–H groups in total. The predicted molar refractivity (Wildman–Crippen MR) is 79.1 cm³/mol. The van der Waals surface area contributed by atoms with Crippen LogP contribution in [0.2, 0.25) is 10.0 Å². The molecule has 0 unspecified atom stereocenters. The number of amides is 1. The minimum absolute atomic E-state index is 0.0642. The van der Waals surface area contributed by atoms with Gasteiger partial charge >= 0.3 is 0 Å². The van der Waals surface area contributed by atoms with Crippen LogP contribution in [0.1, 0.15) is 16.1 Å². The van der Waals surface area contributed by atoms with Gasteiger partial charge in [-0.1, -0.05) is 29.3 Å².